The molecule has 0 fully saturated rings. The third-order valence-electron chi connectivity index (χ3n) is 6.58. The van der Waals surface area contributed by atoms with Gasteiger partial charge in [-0.25, -0.2) is 0 Å². The van der Waals surface area contributed by atoms with Crippen LogP contribution in [-0.2, 0) is 17.6 Å². The third-order valence-corrected chi connectivity index (χ3v) is 7.77. The predicted molar refractivity (Wildman–Crippen MR) is 140 cm³/mol. The number of quaternary nitrogens is 1. The van der Waals surface area contributed by atoms with Crippen LogP contribution in [0.3, 0.4) is 0 Å². The van der Waals surface area contributed by atoms with Gasteiger partial charge >= 0.3 is 4.87 Å². The molecule has 3 rings (SSSR count). The molecule has 184 valence electrons. The smallest absolute Gasteiger partial charge is 0.305 e. The van der Waals surface area contributed by atoms with Gasteiger partial charge in [0.2, 0.25) is 5.91 Å². The van der Waals surface area contributed by atoms with Gasteiger partial charge in [-0.15, -0.1) is 0 Å². The molecule has 0 aliphatic rings. The van der Waals surface area contributed by atoms with E-state index in [1.54, 1.807) is 6.07 Å². The number of primary amides is 1. The highest BCUT2D eigenvalue weighted by atomic mass is 35.5. The van der Waals surface area contributed by atoms with E-state index in [0.717, 1.165) is 70.1 Å². The summed E-state index contributed by atoms with van der Waals surface area (Å²) in [6, 6.07) is 11.7. The molecule has 1 amide bonds. The van der Waals surface area contributed by atoms with E-state index in [1.165, 1.54) is 5.56 Å². The molecule has 5 N–H and O–H groups in total. The zero-order valence-electron chi connectivity index (χ0n) is 19.8. The lowest BCUT2D eigenvalue weighted by Gasteiger charge is -2.42. The Kier molecular flexibility index (Phi) is 9.13. The molecule has 7 nitrogen and oxygen atoms in total. The number of hydrogen-bond acceptors (Lipinski definition) is 5. The Labute approximate surface area is 209 Å². The molecule has 0 aliphatic heterocycles. The molecular weight excluding hydrogens is 472 g/mol. The number of aromatic amines is 1. The Bertz CT molecular complexity index is 1180. The fraction of sp³-hybridized carbons (Fsp3) is 0.440. The van der Waals surface area contributed by atoms with Crippen LogP contribution in [0, 0.1) is 0 Å². The van der Waals surface area contributed by atoms with Crippen LogP contribution in [0.15, 0.2) is 41.2 Å². The number of hydrogen-bond donors (Lipinski definition) is 4. The van der Waals surface area contributed by atoms with Gasteiger partial charge in [0.05, 0.1) is 36.8 Å². The van der Waals surface area contributed by atoms with Crippen molar-refractivity contribution in [2.75, 3.05) is 32.7 Å². The van der Waals surface area contributed by atoms with E-state index in [9.17, 15) is 14.7 Å². The maximum atomic E-state index is 11.7. The Morgan fingerprint density at radius 2 is 1.97 bits per heavy atom. The van der Waals surface area contributed by atoms with E-state index in [2.05, 4.69) is 30.2 Å². The van der Waals surface area contributed by atoms with Crippen LogP contribution in [0.4, 0.5) is 0 Å². The highest BCUT2D eigenvalue weighted by Crippen LogP contribution is 2.28. The third kappa shape index (κ3) is 6.82. The van der Waals surface area contributed by atoms with Gasteiger partial charge < -0.3 is 25.6 Å². The average molecular weight is 506 g/mol. The first-order chi connectivity index (χ1) is 16.2. The predicted octanol–water partition coefficient (Wildman–Crippen LogP) is 3.42. The SMILES string of the molecule is CC(C)[N+](CCNCCc1ccc(O)c2[nH]c(=O)sc12)(CCC(N)=O)CCc1cccc(Cl)c1. The number of halogens is 1. The highest BCUT2D eigenvalue weighted by molar-refractivity contribution is 7.16. The molecule has 1 atom stereocenters. The summed E-state index contributed by atoms with van der Waals surface area (Å²) in [6.45, 7) is 8.38. The average Bonchev–Trinajstić information content (AvgIpc) is 3.18. The molecule has 0 aliphatic carbocycles. The van der Waals surface area contributed by atoms with Crippen molar-refractivity contribution in [3.8, 4) is 5.75 Å². The van der Waals surface area contributed by atoms with Crippen LogP contribution in [0.5, 0.6) is 5.75 Å². The van der Waals surface area contributed by atoms with Crippen LogP contribution >= 0.6 is 22.9 Å². The van der Waals surface area contributed by atoms with Gasteiger partial charge in [0.15, 0.2) is 0 Å². The van der Waals surface area contributed by atoms with Gasteiger partial charge in [-0.3, -0.25) is 9.59 Å². The fourth-order valence-electron chi connectivity index (χ4n) is 4.41. The van der Waals surface area contributed by atoms with Crippen LogP contribution < -0.4 is 15.9 Å². The topological polar surface area (TPSA) is 108 Å². The number of phenolic OH excluding ortho intramolecular Hbond substituents is 1. The monoisotopic (exact) mass is 505 g/mol. The first-order valence-corrected chi connectivity index (χ1v) is 12.8. The van der Waals surface area contributed by atoms with Crippen molar-refractivity contribution in [2.24, 2.45) is 5.73 Å². The standard InChI is InChI=1S/C25H33ClN4O3S/c1-17(2)30(14-10-22(27)32,13-9-18-4-3-5-20(26)16-18)15-12-28-11-8-19-6-7-21(31)23-24(19)34-25(33)29-23/h3-7,16-17,28H,8-15H2,1-2H3,(H3-,27,29,31,32,33)/p+1. The maximum Gasteiger partial charge on any atom is 0.305 e. The number of nitrogens with one attached hydrogen (secondary N) is 2. The molecule has 9 heteroatoms. The van der Waals surface area contributed by atoms with Crippen molar-refractivity contribution >= 4 is 39.1 Å². The molecule has 1 aromatic heterocycles. The molecule has 3 aromatic rings. The minimum Gasteiger partial charge on any atom is -0.506 e. The van der Waals surface area contributed by atoms with Crippen LogP contribution in [0.25, 0.3) is 10.2 Å². The first-order valence-electron chi connectivity index (χ1n) is 11.6. The molecule has 0 saturated heterocycles. The second kappa shape index (κ2) is 11.8. The van der Waals surface area contributed by atoms with Crippen LogP contribution in [0.2, 0.25) is 5.02 Å². The summed E-state index contributed by atoms with van der Waals surface area (Å²) in [7, 11) is 0. The Morgan fingerprint density at radius 1 is 1.18 bits per heavy atom. The van der Waals surface area contributed by atoms with Crippen molar-refractivity contribution < 1.29 is 14.4 Å². The number of phenols is 1. The van der Waals surface area contributed by atoms with Crippen LogP contribution in [0.1, 0.15) is 31.4 Å². The number of fused-ring (bicyclic) bond motifs is 1. The summed E-state index contributed by atoms with van der Waals surface area (Å²) in [5, 5.41) is 14.2. The Hall–Kier alpha value is -2.39. The van der Waals surface area contributed by atoms with E-state index < -0.39 is 0 Å². The van der Waals surface area contributed by atoms with E-state index in [1.807, 2.05) is 24.3 Å². The van der Waals surface area contributed by atoms with Gasteiger partial charge in [0.1, 0.15) is 11.3 Å². The lowest BCUT2D eigenvalue weighted by Crippen LogP contribution is -2.58. The van der Waals surface area contributed by atoms with Gasteiger partial charge in [-0.05, 0) is 56.1 Å². The first kappa shape index (κ1) is 26.2. The number of amides is 1. The summed E-state index contributed by atoms with van der Waals surface area (Å²) in [4.78, 5) is 25.9. The van der Waals surface area contributed by atoms with Gasteiger partial charge in [-0.2, -0.15) is 0 Å². The number of H-pyrrole nitrogens is 1. The lowest BCUT2D eigenvalue weighted by molar-refractivity contribution is -0.946. The summed E-state index contributed by atoms with van der Waals surface area (Å²) in [6.07, 6.45) is 1.97. The second-order valence-electron chi connectivity index (χ2n) is 9.04. The van der Waals surface area contributed by atoms with Crippen molar-refractivity contribution in [3.05, 3.63) is 62.2 Å². The summed E-state index contributed by atoms with van der Waals surface area (Å²) < 4.78 is 1.59. The van der Waals surface area contributed by atoms with E-state index >= 15 is 0 Å². The van der Waals surface area contributed by atoms with Gasteiger partial charge in [0, 0.05) is 18.0 Å². The minimum absolute atomic E-state index is 0.0956. The van der Waals surface area contributed by atoms with E-state index in [4.69, 9.17) is 17.3 Å². The van der Waals surface area contributed by atoms with Crippen molar-refractivity contribution in [1.29, 1.82) is 0 Å². The molecule has 1 unspecified atom stereocenters. The molecule has 2 aromatic carbocycles. The molecule has 0 radical (unpaired) electrons. The Morgan fingerprint density at radius 3 is 2.68 bits per heavy atom. The number of aromatic nitrogens is 1. The minimum atomic E-state index is -0.277. The molecule has 34 heavy (non-hydrogen) atoms. The number of carbonyl (C=O) groups is 1. The number of thiazole rings is 1. The highest BCUT2D eigenvalue weighted by Gasteiger charge is 2.31. The number of benzene rings is 2. The quantitative estimate of drug-likeness (QED) is 0.211. The molecule has 0 saturated carbocycles. The summed E-state index contributed by atoms with van der Waals surface area (Å²) >= 11 is 7.29. The molecule has 0 bridgehead atoms. The number of nitrogens with two attached hydrogens (primary N) is 1. The van der Waals surface area contributed by atoms with Crippen molar-refractivity contribution in [1.82, 2.24) is 10.3 Å². The Balaban J connectivity index is 1.62. The molecule has 0 spiro atoms. The number of nitrogens with zero attached hydrogens (tertiary/aromatic N) is 1. The lowest BCUT2D eigenvalue weighted by atomic mass is 10.1. The summed E-state index contributed by atoms with van der Waals surface area (Å²) in [5.41, 5.74) is 8.23. The van der Waals surface area contributed by atoms with E-state index in [-0.39, 0.29) is 16.5 Å². The fourth-order valence-corrected chi connectivity index (χ4v) is 5.52. The number of carbonyl (C=O) groups excluding carboxylic acids is 1. The maximum absolute atomic E-state index is 11.7. The number of aromatic hydroxyl groups is 1. The second-order valence-corrected chi connectivity index (χ2v) is 10.5. The zero-order valence-corrected chi connectivity index (χ0v) is 21.3. The molecule has 1 heterocycles. The zero-order chi connectivity index (χ0) is 24.7. The molecular formula is C25H34ClN4O3S+. The summed E-state index contributed by atoms with van der Waals surface area (Å²) in [5.74, 6) is -0.182. The van der Waals surface area contributed by atoms with Gasteiger partial charge in [0.25, 0.3) is 0 Å². The van der Waals surface area contributed by atoms with Gasteiger partial charge in [-0.1, -0.05) is 41.1 Å². The van der Waals surface area contributed by atoms with Crippen molar-refractivity contribution in [2.45, 2.75) is 39.2 Å². The normalized spacial score (nSPS) is 13.4. The van der Waals surface area contributed by atoms with E-state index in [0.29, 0.717) is 24.5 Å². The largest absolute Gasteiger partial charge is 0.506 e. The van der Waals surface area contributed by atoms with Crippen LogP contribution in [-0.4, -0.2) is 59.2 Å². The van der Waals surface area contributed by atoms with Crippen molar-refractivity contribution in [3.63, 3.8) is 0 Å². The number of rotatable bonds is 13.